The van der Waals surface area contributed by atoms with Gasteiger partial charge in [-0.1, -0.05) is 24.2 Å². The maximum absolute atomic E-state index is 14.6. The first kappa shape index (κ1) is 26.3. The average molecular weight is 512 g/mol. The molecule has 4 rings (SSSR count). The van der Waals surface area contributed by atoms with Crippen LogP contribution in [0.5, 0.6) is 0 Å². The zero-order valence-corrected chi connectivity index (χ0v) is 20.7. The number of nitrogens with zero attached hydrogens (tertiary/aromatic N) is 3. The lowest BCUT2D eigenvalue weighted by atomic mass is 9.99. The summed E-state index contributed by atoms with van der Waals surface area (Å²) >= 11 is 0. The Kier molecular flexibility index (Phi) is 8.23. The topological polar surface area (TPSA) is 75.0 Å². The second-order valence-electron chi connectivity index (χ2n) is 9.13. The Morgan fingerprint density at radius 3 is 2.49 bits per heavy atom. The fourth-order valence-electron chi connectivity index (χ4n) is 4.45. The molecular formula is C28H28F3N3O3. The van der Waals surface area contributed by atoms with Crippen molar-refractivity contribution in [1.82, 2.24) is 9.88 Å². The lowest BCUT2D eigenvalue weighted by Crippen LogP contribution is -2.23. The molecule has 2 heterocycles. The van der Waals surface area contributed by atoms with Gasteiger partial charge in [-0.15, -0.1) is 0 Å². The molecule has 0 radical (unpaired) electrons. The molecule has 1 aliphatic heterocycles. The van der Waals surface area contributed by atoms with Gasteiger partial charge >= 0.3 is 5.97 Å². The Hall–Kier alpha value is -3.72. The van der Waals surface area contributed by atoms with Crippen molar-refractivity contribution in [3.8, 4) is 11.1 Å². The van der Waals surface area contributed by atoms with E-state index in [1.54, 1.807) is 6.92 Å². The summed E-state index contributed by atoms with van der Waals surface area (Å²) in [5.74, 6) is -3.33. The fourth-order valence-corrected chi connectivity index (χ4v) is 4.45. The number of carboxylic acids is 1. The van der Waals surface area contributed by atoms with Crippen LogP contribution in [-0.4, -0.2) is 39.8 Å². The number of benzene rings is 2. The Morgan fingerprint density at radius 1 is 1.11 bits per heavy atom. The third-order valence-electron chi connectivity index (χ3n) is 6.63. The molecule has 0 spiro atoms. The molecule has 2 aromatic carbocycles. The Morgan fingerprint density at radius 2 is 1.86 bits per heavy atom. The normalized spacial score (nSPS) is 16.2. The lowest BCUT2D eigenvalue weighted by Gasteiger charge is -2.18. The second-order valence-corrected chi connectivity index (χ2v) is 9.13. The average Bonchev–Trinajstić information content (AvgIpc) is 3.35. The molecule has 1 atom stereocenters. The van der Waals surface area contributed by atoms with Crippen molar-refractivity contribution in [2.24, 2.45) is 11.1 Å². The summed E-state index contributed by atoms with van der Waals surface area (Å²) in [6.45, 7) is 5.39. The van der Waals surface area contributed by atoms with E-state index in [2.05, 4.69) is 15.0 Å². The van der Waals surface area contributed by atoms with Crippen LogP contribution in [0.2, 0.25) is 0 Å². The molecule has 1 unspecified atom stereocenters. The van der Waals surface area contributed by atoms with Crippen LogP contribution in [0.15, 0.2) is 53.8 Å². The van der Waals surface area contributed by atoms with Crippen molar-refractivity contribution in [1.29, 1.82) is 0 Å². The van der Waals surface area contributed by atoms with Gasteiger partial charge in [-0.3, -0.25) is 9.69 Å². The summed E-state index contributed by atoms with van der Waals surface area (Å²) in [6, 6.07) is 10.7. The first-order valence-electron chi connectivity index (χ1n) is 12.1. The van der Waals surface area contributed by atoms with Gasteiger partial charge in [0.25, 0.3) is 0 Å². The molecule has 0 bridgehead atoms. The number of aliphatic carboxylic acids is 1. The van der Waals surface area contributed by atoms with Crippen LogP contribution in [0.4, 0.5) is 13.2 Å². The van der Waals surface area contributed by atoms with Crippen molar-refractivity contribution in [3.63, 3.8) is 0 Å². The number of aromatic nitrogens is 1. The van der Waals surface area contributed by atoms with Crippen molar-refractivity contribution >= 4 is 11.7 Å². The summed E-state index contributed by atoms with van der Waals surface area (Å²) in [5, 5.41) is 13.3. The van der Waals surface area contributed by atoms with E-state index in [1.807, 2.05) is 25.1 Å². The van der Waals surface area contributed by atoms with Gasteiger partial charge < -0.3 is 9.94 Å². The summed E-state index contributed by atoms with van der Waals surface area (Å²) in [7, 11) is 0. The predicted molar refractivity (Wildman–Crippen MR) is 133 cm³/mol. The van der Waals surface area contributed by atoms with Gasteiger partial charge in [-0.25, -0.2) is 13.8 Å². The maximum Gasteiger partial charge on any atom is 0.307 e. The van der Waals surface area contributed by atoms with Gasteiger partial charge in [0, 0.05) is 24.8 Å². The molecular weight excluding hydrogens is 483 g/mol. The van der Waals surface area contributed by atoms with E-state index < -0.39 is 30.2 Å². The summed E-state index contributed by atoms with van der Waals surface area (Å²) in [6.07, 6.45) is 2.66. The van der Waals surface area contributed by atoms with Gasteiger partial charge in [0.15, 0.2) is 0 Å². The third kappa shape index (κ3) is 6.35. The molecule has 0 aliphatic carbocycles. The highest BCUT2D eigenvalue weighted by atomic mass is 19.1. The van der Waals surface area contributed by atoms with Crippen molar-refractivity contribution in [2.75, 3.05) is 13.1 Å². The Bertz CT molecular complexity index is 1290. The molecule has 194 valence electrons. The minimum Gasteiger partial charge on any atom is -0.481 e. The smallest absolute Gasteiger partial charge is 0.307 e. The van der Waals surface area contributed by atoms with E-state index in [0.717, 1.165) is 47.9 Å². The molecule has 3 aromatic rings. The van der Waals surface area contributed by atoms with Gasteiger partial charge in [0.2, 0.25) is 5.95 Å². The number of hydrogen-bond donors (Lipinski definition) is 1. The minimum absolute atomic E-state index is 0.241. The molecule has 37 heavy (non-hydrogen) atoms. The van der Waals surface area contributed by atoms with E-state index in [1.165, 1.54) is 12.3 Å². The first-order valence-corrected chi connectivity index (χ1v) is 12.1. The zero-order chi connectivity index (χ0) is 26.5. The maximum atomic E-state index is 14.6. The molecule has 1 aliphatic rings. The molecule has 1 aromatic heterocycles. The highest BCUT2D eigenvalue weighted by Gasteiger charge is 2.28. The quantitative estimate of drug-likeness (QED) is 0.231. The highest BCUT2D eigenvalue weighted by molar-refractivity contribution is 5.98. The number of hydrogen-bond acceptors (Lipinski definition) is 5. The van der Waals surface area contributed by atoms with E-state index in [9.17, 15) is 23.1 Å². The molecule has 1 fully saturated rings. The lowest BCUT2D eigenvalue weighted by molar-refractivity contribution is -0.141. The van der Waals surface area contributed by atoms with Crippen LogP contribution in [-0.2, 0) is 29.2 Å². The monoisotopic (exact) mass is 511 g/mol. The second kappa shape index (κ2) is 11.6. The number of oxime groups is 1. The molecule has 0 saturated carbocycles. The minimum atomic E-state index is -0.795. The van der Waals surface area contributed by atoms with Crippen molar-refractivity contribution in [2.45, 2.75) is 39.8 Å². The van der Waals surface area contributed by atoms with E-state index >= 15 is 0 Å². The van der Waals surface area contributed by atoms with Gasteiger partial charge in [-0.2, -0.15) is 4.39 Å². The predicted octanol–water partition coefficient (Wildman–Crippen LogP) is 5.58. The number of rotatable bonds is 9. The molecule has 1 N–H and O–H groups in total. The fraction of sp³-hybridized carbons (Fsp3) is 0.321. The SMILES string of the molecule is CCc1cc(C(C)=NOCc2c(F)cc(-c3ccc(F)nc3)cc2F)ccc1CN1CCC(C(=O)O)C1. The van der Waals surface area contributed by atoms with Gasteiger partial charge in [-0.05, 0) is 78.9 Å². The number of halogens is 3. The number of pyridine rings is 1. The Balaban J connectivity index is 1.41. The van der Waals surface area contributed by atoms with Gasteiger partial charge in [0.1, 0.15) is 18.2 Å². The van der Waals surface area contributed by atoms with E-state index in [-0.39, 0.29) is 17.0 Å². The summed E-state index contributed by atoms with van der Waals surface area (Å²) in [4.78, 5) is 22.2. The van der Waals surface area contributed by atoms with Crippen molar-refractivity contribution < 1.29 is 27.9 Å². The van der Waals surface area contributed by atoms with Crippen LogP contribution in [0.1, 0.15) is 42.5 Å². The van der Waals surface area contributed by atoms with E-state index in [4.69, 9.17) is 4.84 Å². The van der Waals surface area contributed by atoms with Crippen molar-refractivity contribution in [3.05, 3.63) is 88.5 Å². The van der Waals surface area contributed by atoms with Crippen LogP contribution in [0.25, 0.3) is 11.1 Å². The largest absolute Gasteiger partial charge is 0.481 e. The molecule has 6 nitrogen and oxygen atoms in total. The first-order chi connectivity index (χ1) is 17.7. The van der Waals surface area contributed by atoms with Crippen LogP contribution in [0.3, 0.4) is 0 Å². The summed E-state index contributed by atoms with van der Waals surface area (Å²) < 4.78 is 42.2. The van der Waals surface area contributed by atoms with Crippen LogP contribution >= 0.6 is 0 Å². The Labute approximate surface area is 213 Å². The highest BCUT2D eigenvalue weighted by Crippen LogP contribution is 2.25. The van der Waals surface area contributed by atoms with Crippen LogP contribution in [0, 0.1) is 23.5 Å². The number of carbonyl (C=O) groups is 1. The molecule has 0 amide bonds. The van der Waals surface area contributed by atoms with Crippen LogP contribution < -0.4 is 0 Å². The number of carboxylic acid groups (broad SMARTS) is 1. The number of aryl methyl sites for hydroxylation is 1. The summed E-state index contributed by atoms with van der Waals surface area (Å²) in [5.41, 5.74) is 4.01. The third-order valence-corrected chi connectivity index (χ3v) is 6.63. The van der Waals surface area contributed by atoms with Gasteiger partial charge in [0.05, 0.1) is 17.2 Å². The molecule has 1 saturated heterocycles. The zero-order valence-electron chi connectivity index (χ0n) is 20.7. The number of likely N-dealkylation sites (tertiary alicyclic amines) is 1. The molecule has 9 heteroatoms. The standard InChI is InChI=1S/C28H28F3N3O3/c1-3-18-10-19(4-5-21(18)14-34-9-8-22(15-34)28(35)36)17(2)33-37-16-24-25(29)11-23(12-26(24)30)20-6-7-27(31)32-13-20/h4-7,10-13,22H,3,8-9,14-16H2,1-2H3,(H,35,36). The van der Waals surface area contributed by atoms with E-state index in [0.29, 0.717) is 30.8 Å².